The number of nitrogens with zero attached hydrogens (tertiary/aromatic N) is 2. The number of sulfone groups is 1. The quantitative estimate of drug-likeness (QED) is 0.734. The van der Waals surface area contributed by atoms with Crippen molar-refractivity contribution in [3.05, 3.63) is 29.8 Å². The minimum atomic E-state index is -3.24. The van der Waals surface area contributed by atoms with Crippen LogP contribution in [-0.2, 0) is 14.6 Å². The summed E-state index contributed by atoms with van der Waals surface area (Å²) < 4.78 is 51.8. The van der Waals surface area contributed by atoms with Gasteiger partial charge in [0.15, 0.2) is 15.0 Å². The third kappa shape index (κ3) is 4.10. The van der Waals surface area contributed by atoms with E-state index in [9.17, 15) is 22.0 Å². The van der Waals surface area contributed by atoms with E-state index in [2.05, 4.69) is 4.99 Å². The summed E-state index contributed by atoms with van der Waals surface area (Å²) in [6.45, 7) is 0. The first-order valence-corrected chi connectivity index (χ1v) is 12.3. The molecule has 0 spiro atoms. The Morgan fingerprint density at radius 2 is 1.96 bits per heavy atom. The van der Waals surface area contributed by atoms with Crippen molar-refractivity contribution in [2.75, 3.05) is 16.4 Å². The number of rotatable bonds is 4. The van der Waals surface area contributed by atoms with Crippen LogP contribution in [0.5, 0.6) is 0 Å². The smallest absolute Gasteiger partial charge is 0.248 e. The van der Waals surface area contributed by atoms with Gasteiger partial charge in [-0.25, -0.2) is 17.2 Å². The van der Waals surface area contributed by atoms with Crippen LogP contribution >= 0.6 is 11.8 Å². The van der Waals surface area contributed by atoms with E-state index in [1.807, 2.05) is 0 Å². The molecule has 1 aromatic rings. The fraction of sp³-hybridized carbons (Fsp3) is 0.579. The summed E-state index contributed by atoms with van der Waals surface area (Å²) in [5.41, 5.74) is 0.0563. The van der Waals surface area contributed by atoms with Crippen LogP contribution in [0, 0.1) is 17.6 Å². The third-order valence-electron chi connectivity index (χ3n) is 5.70. The molecule has 2 atom stereocenters. The van der Waals surface area contributed by atoms with Crippen molar-refractivity contribution in [1.29, 1.82) is 0 Å². The zero-order valence-electron chi connectivity index (χ0n) is 15.3. The van der Waals surface area contributed by atoms with Crippen molar-refractivity contribution in [2.45, 2.75) is 49.8 Å². The lowest BCUT2D eigenvalue weighted by Crippen LogP contribution is -2.38. The van der Waals surface area contributed by atoms with Gasteiger partial charge in [-0.3, -0.25) is 4.79 Å². The molecule has 1 aromatic carbocycles. The normalized spacial score (nSPS) is 28.2. The van der Waals surface area contributed by atoms with Gasteiger partial charge in [-0.2, -0.15) is 4.99 Å². The molecule has 0 radical (unpaired) electrons. The Bertz CT molecular complexity index is 914. The summed E-state index contributed by atoms with van der Waals surface area (Å²) in [4.78, 5) is 18.1. The lowest BCUT2D eigenvalue weighted by Gasteiger charge is -2.25. The highest BCUT2D eigenvalue weighted by molar-refractivity contribution is 8.16. The molecule has 1 amide bonds. The molecule has 0 aromatic heterocycles. The number of amides is 1. The predicted octanol–water partition coefficient (Wildman–Crippen LogP) is 3.54. The monoisotopic (exact) mass is 428 g/mol. The molecular weight excluding hydrogens is 406 g/mol. The predicted molar refractivity (Wildman–Crippen MR) is 106 cm³/mol. The van der Waals surface area contributed by atoms with Gasteiger partial charge in [0.25, 0.3) is 0 Å². The molecule has 9 heteroatoms. The SMILES string of the molecule is O=C(CCC1CCCC1)N=C1S[C@@H]2CS(=O)(=O)C[C@@H]2N1c1ccc(F)cc1F. The first-order chi connectivity index (χ1) is 13.3. The fourth-order valence-electron chi connectivity index (χ4n) is 4.31. The minimum Gasteiger partial charge on any atom is -0.313 e. The molecule has 4 rings (SSSR count). The van der Waals surface area contributed by atoms with Crippen LogP contribution in [0.25, 0.3) is 0 Å². The van der Waals surface area contributed by atoms with Gasteiger partial charge in [0.1, 0.15) is 11.6 Å². The number of amidine groups is 1. The van der Waals surface area contributed by atoms with Gasteiger partial charge < -0.3 is 4.90 Å². The molecule has 5 nitrogen and oxygen atoms in total. The average Bonchev–Trinajstić information content (AvgIpc) is 3.29. The Balaban J connectivity index is 1.58. The first-order valence-electron chi connectivity index (χ1n) is 9.55. The van der Waals surface area contributed by atoms with Gasteiger partial charge >= 0.3 is 0 Å². The van der Waals surface area contributed by atoms with E-state index in [0.29, 0.717) is 17.5 Å². The Kier molecular flexibility index (Phi) is 5.48. The zero-order chi connectivity index (χ0) is 19.9. The molecule has 1 aliphatic carbocycles. The average molecular weight is 429 g/mol. The second-order valence-corrected chi connectivity index (χ2v) is 11.1. The Morgan fingerprint density at radius 3 is 2.68 bits per heavy atom. The van der Waals surface area contributed by atoms with E-state index in [0.717, 1.165) is 31.4 Å². The van der Waals surface area contributed by atoms with E-state index in [-0.39, 0.29) is 28.4 Å². The molecule has 1 saturated carbocycles. The molecule has 3 fully saturated rings. The second kappa shape index (κ2) is 7.74. The van der Waals surface area contributed by atoms with Crippen molar-refractivity contribution in [3.63, 3.8) is 0 Å². The van der Waals surface area contributed by atoms with Crippen molar-refractivity contribution in [2.24, 2.45) is 10.9 Å². The lowest BCUT2D eigenvalue weighted by atomic mass is 10.0. The molecule has 2 saturated heterocycles. The van der Waals surface area contributed by atoms with E-state index in [1.54, 1.807) is 0 Å². The Morgan fingerprint density at radius 1 is 1.21 bits per heavy atom. The van der Waals surface area contributed by atoms with Gasteiger partial charge in [-0.05, 0) is 24.5 Å². The fourth-order valence-corrected chi connectivity index (χ4v) is 8.24. The van der Waals surface area contributed by atoms with Crippen LogP contribution in [0.1, 0.15) is 38.5 Å². The van der Waals surface area contributed by atoms with Gasteiger partial charge in [-0.15, -0.1) is 0 Å². The van der Waals surface area contributed by atoms with Crippen LogP contribution in [0.15, 0.2) is 23.2 Å². The molecule has 0 bridgehead atoms. The maximum Gasteiger partial charge on any atom is 0.248 e. The number of hydrogen-bond donors (Lipinski definition) is 0. The van der Waals surface area contributed by atoms with E-state index in [4.69, 9.17) is 0 Å². The van der Waals surface area contributed by atoms with Crippen molar-refractivity contribution in [1.82, 2.24) is 0 Å². The number of carbonyl (C=O) groups is 1. The number of benzene rings is 1. The maximum atomic E-state index is 14.4. The van der Waals surface area contributed by atoms with Crippen LogP contribution in [0.4, 0.5) is 14.5 Å². The van der Waals surface area contributed by atoms with E-state index < -0.39 is 27.5 Å². The van der Waals surface area contributed by atoms with Crippen molar-refractivity contribution in [3.8, 4) is 0 Å². The molecule has 2 aliphatic heterocycles. The van der Waals surface area contributed by atoms with Gasteiger partial charge in [0, 0.05) is 17.7 Å². The number of hydrogen-bond acceptors (Lipinski definition) is 4. The molecule has 0 unspecified atom stereocenters. The molecule has 3 aliphatic rings. The first kappa shape index (κ1) is 19.8. The number of halogens is 2. The Hall–Kier alpha value is -1.48. The molecule has 0 N–H and O–H groups in total. The highest BCUT2D eigenvalue weighted by atomic mass is 32.2. The van der Waals surface area contributed by atoms with Crippen LogP contribution in [0.3, 0.4) is 0 Å². The largest absolute Gasteiger partial charge is 0.313 e. The number of carbonyl (C=O) groups excluding carboxylic acids is 1. The molecule has 2 heterocycles. The number of aliphatic imine (C=N–C) groups is 1. The summed E-state index contributed by atoms with van der Waals surface area (Å²) in [6, 6.07) is 2.66. The maximum absolute atomic E-state index is 14.4. The summed E-state index contributed by atoms with van der Waals surface area (Å²) in [7, 11) is -3.24. The van der Waals surface area contributed by atoms with Crippen molar-refractivity contribution >= 4 is 38.4 Å². The second-order valence-electron chi connectivity index (χ2n) is 7.74. The molecule has 152 valence electrons. The van der Waals surface area contributed by atoms with Gasteiger partial charge in [-0.1, -0.05) is 37.4 Å². The highest BCUT2D eigenvalue weighted by Gasteiger charge is 2.50. The molecular formula is C19H22F2N2O3S2. The third-order valence-corrected chi connectivity index (χ3v) is 8.91. The van der Waals surface area contributed by atoms with Crippen LogP contribution in [-0.4, -0.2) is 42.3 Å². The zero-order valence-corrected chi connectivity index (χ0v) is 16.9. The van der Waals surface area contributed by atoms with Crippen LogP contribution in [0.2, 0.25) is 0 Å². The Labute approximate surface area is 167 Å². The number of anilines is 1. The molecule has 28 heavy (non-hydrogen) atoms. The standard InChI is InChI=1S/C19H22F2N2O3S2/c20-13-6-7-15(14(21)9-13)23-16-10-28(25,26)11-17(16)27-19(23)22-18(24)8-5-12-3-1-2-4-12/h6-7,9,12,16-17H,1-5,8,10-11H2/t16-,17+/m0/s1. The van der Waals surface area contributed by atoms with Gasteiger partial charge in [0.2, 0.25) is 5.91 Å². The summed E-state index contributed by atoms with van der Waals surface area (Å²) in [6.07, 6.45) is 5.84. The summed E-state index contributed by atoms with van der Waals surface area (Å²) >= 11 is 1.20. The number of fused-ring (bicyclic) bond motifs is 1. The number of thioether (sulfide) groups is 1. The summed E-state index contributed by atoms with van der Waals surface area (Å²) in [5.74, 6) is -1.37. The lowest BCUT2D eigenvalue weighted by molar-refractivity contribution is -0.118. The van der Waals surface area contributed by atoms with E-state index in [1.165, 1.54) is 35.6 Å². The highest BCUT2D eigenvalue weighted by Crippen LogP contribution is 2.42. The van der Waals surface area contributed by atoms with Gasteiger partial charge in [0.05, 0.1) is 23.2 Å². The summed E-state index contributed by atoms with van der Waals surface area (Å²) in [5, 5.41) is 0.00247. The van der Waals surface area contributed by atoms with E-state index >= 15 is 0 Å². The minimum absolute atomic E-state index is 0.0308. The topological polar surface area (TPSA) is 66.8 Å². The van der Waals surface area contributed by atoms with Crippen LogP contribution < -0.4 is 4.90 Å². The van der Waals surface area contributed by atoms with Crippen molar-refractivity contribution < 1.29 is 22.0 Å².